The zero-order valence-corrected chi connectivity index (χ0v) is 16.4. The topological polar surface area (TPSA) is 64.0 Å². The number of fused-ring (bicyclic) bond motifs is 1. The second-order valence-electron chi connectivity index (χ2n) is 7.40. The largest absolute Gasteiger partial charge is 0.457 e. The van der Waals surface area contributed by atoms with E-state index in [9.17, 15) is 4.39 Å². The van der Waals surface area contributed by atoms with Gasteiger partial charge in [-0.05, 0) is 49.7 Å². The second-order valence-corrected chi connectivity index (χ2v) is 7.40. The first kappa shape index (κ1) is 18.6. The van der Waals surface area contributed by atoms with Gasteiger partial charge in [0, 0.05) is 24.8 Å². The highest BCUT2D eigenvalue weighted by molar-refractivity contribution is 5.89. The maximum atomic E-state index is 14.7. The smallest absolute Gasteiger partial charge is 0.150 e. The Balaban J connectivity index is 1.37. The van der Waals surface area contributed by atoms with Crippen molar-refractivity contribution in [3.05, 3.63) is 72.9 Å². The molecule has 0 radical (unpaired) electrons. The van der Waals surface area contributed by atoms with Crippen LogP contribution in [0.25, 0.3) is 11.0 Å². The van der Waals surface area contributed by atoms with E-state index in [2.05, 4.69) is 25.2 Å². The molecule has 1 fully saturated rings. The fourth-order valence-corrected chi connectivity index (χ4v) is 3.81. The Kier molecular flexibility index (Phi) is 5.03. The molecule has 0 amide bonds. The molecule has 0 bridgehead atoms. The van der Waals surface area contributed by atoms with E-state index in [0.29, 0.717) is 29.0 Å². The van der Waals surface area contributed by atoms with Crippen LogP contribution in [0.3, 0.4) is 0 Å². The fourth-order valence-electron chi connectivity index (χ4n) is 3.81. The number of benzene rings is 2. The van der Waals surface area contributed by atoms with E-state index in [1.807, 2.05) is 42.6 Å². The number of hydrogen-bond donors (Lipinski definition) is 2. The van der Waals surface area contributed by atoms with Crippen LogP contribution >= 0.6 is 0 Å². The molecule has 6 nitrogen and oxygen atoms in total. The van der Waals surface area contributed by atoms with Gasteiger partial charge in [0.1, 0.15) is 35.1 Å². The number of nitrogens with one attached hydrogen (secondary N) is 2. The molecule has 1 aliphatic heterocycles. The molecule has 2 aromatic carbocycles. The zero-order valence-electron chi connectivity index (χ0n) is 16.4. The quantitative estimate of drug-likeness (QED) is 0.481. The summed E-state index contributed by atoms with van der Waals surface area (Å²) in [6.07, 6.45) is 5.89. The Bertz CT molecular complexity index is 1150. The fraction of sp³-hybridized carbons (Fsp3) is 0.217. The molecular weight excluding hydrogens is 381 g/mol. The molecule has 1 unspecified atom stereocenters. The van der Waals surface area contributed by atoms with E-state index < -0.39 is 5.82 Å². The lowest BCUT2D eigenvalue weighted by Crippen LogP contribution is -2.26. The molecule has 0 spiro atoms. The Hall–Kier alpha value is -3.45. The maximum Gasteiger partial charge on any atom is 0.150 e. The minimum atomic E-state index is -0.412. The Morgan fingerprint density at radius 1 is 1.10 bits per heavy atom. The van der Waals surface area contributed by atoms with Crippen molar-refractivity contribution < 1.29 is 9.13 Å². The van der Waals surface area contributed by atoms with E-state index in [0.717, 1.165) is 24.1 Å². The summed E-state index contributed by atoms with van der Waals surface area (Å²) in [5, 5.41) is 7.47. The first-order valence-electron chi connectivity index (χ1n) is 10.1. The Morgan fingerprint density at radius 2 is 2.00 bits per heavy atom. The first-order chi connectivity index (χ1) is 14.8. The van der Waals surface area contributed by atoms with Gasteiger partial charge in [0.2, 0.25) is 0 Å². The van der Waals surface area contributed by atoms with Crippen molar-refractivity contribution in [3.8, 4) is 11.5 Å². The number of rotatable bonds is 6. The first-order valence-corrected chi connectivity index (χ1v) is 10.1. The third kappa shape index (κ3) is 3.84. The normalized spacial score (nSPS) is 16.1. The van der Waals surface area contributed by atoms with Crippen LogP contribution in [0.5, 0.6) is 11.5 Å². The number of aromatic nitrogens is 3. The molecule has 1 saturated heterocycles. The van der Waals surface area contributed by atoms with E-state index in [1.165, 1.54) is 25.2 Å². The highest BCUT2D eigenvalue weighted by Crippen LogP contribution is 2.29. The number of ether oxygens (including phenoxy) is 1. The van der Waals surface area contributed by atoms with Crippen LogP contribution in [0, 0.1) is 5.82 Å². The van der Waals surface area contributed by atoms with Crippen molar-refractivity contribution in [1.29, 1.82) is 0 Å². The minimum absolute atomic E-state index is 0.334. The predicted octanol–water partition coefficient (Wildman–Crippen LogP) is 4.86. The predicted molar refractivity (Wildman–Crippen MR) is 115 cm³/mol. The minimum Gasteiger partial charge on any atom is -0.457 e. The van der Waals surface area contributed by atoms with Crippen LogP contribution in [0.2, 0.25) is 0 Å². The van der Waals surface area contributed by atoms with Crippen molar-refractivity contribution in [2.45, 2.75) is 25.4 Å². The number of para-hydroxylation sites is 1. The third-order valence-electron chi connectivity index (χ3n) is 5.31. The summed E-state index contributed by atoms with van der Waals surface area (Å²) in [4.78, 5) is 8.77. The van der Waals surface area contributed by atoms with Gasteiger partial charge < -0.3 is 19.9 Å². The summed E-state index contributed by atoms with van der Waals surface area (Å²) in [6.45, 7) is 1.93. The number of halogens is 1. The summed E-state index contributed by atoms with van der Waals surface area (Å²) >= 11 is 0. The van der Waals surface area contributed by atoms with Crippen LogP contribution in [0.1, 0.15) is 12.8 Å². The molecule has 7 heteroatoms. The summed E-state index contributed by atoms with van der Waals surface area (Å²) in [6, 6.07) is 16.5. The van der Waals surface area contributed by atoms with Gasteiger partial charge in [-0.3, -0.25) is 0 Å². The number of nitrogens with zero attached hydrogens (tertiary/aromatic N) is 3. The van der Waals surface area contributed by atoms with Crippen molar-refractivity contribution >= 4 is 22.5 Å². The summed E-state index contributed by atoms with van der Waals surface area (Å²) in [7, 11) is 0. The Labute approximate surface area is 173 Å². The maximum absolute atomic E-state index is 14.7. The van der Waals surface area contributed by atoms with Crippen molar-refractivity contribution in [3.63, 3.8) is 0 Å². The molecular formula is C23H22FN5O. The van der Waals surface area contributed by atoms with Gasteiger partial charge >= 0.3 is 0 Å². The van der Waals surface area contributed by atoms with Crippen molar-refractivity contribution in [2.75, 3.05) is 11.9 Å². The molecule has 1 atom stereocenters. The van der Waals surface area contributed by atoms with Crippen molar-refractivity contribution in [2.24, 2.45) is 0 Å². The van der Waals surface area contributed by atoms with Crippen molar-refractivity contribution in [1.82, 2.24) is 19.9 Å². The molecule has 152 valence electrons. The van der Waals surface area contributed by atoms with Gasteiger partial charge in [0.05, 0.1) is 11.1 Å². The van der Waals surface area contributed by atoms with Crippen LogP contribution in [-0.4, -0.2) is 27.1 Å². The second kappa shape index (κ2) is 8.12. The summed E-state index contributed by atoms with van der Waals surface area (Å²) in [5.41, 5.74) is 1.17. The molecule has 1 aliphatic rings. The third-order valence-corrected chi connectivity index (χ3v) is 5.31. The van der Waals surface area contributed by atoms with Gasteiger partial charge in [0.25, 0.3) is 0 Å². The van der Waals surface area contributed by atoms with Crippen LogP contribution in [0.4, 0.5) is 15.9 Å². The SMILES string of the molecule is Fc1cc(Oc2ccccc2)ccc1Nc1ncnc2c1ccn2CC1CCCN1. The highest BCUT2D eigenvalue weighted by Gasteiger charge is 2.17. The van der Waals surface area contributed by atoms with Crippen LogP contribution in [0.15, 0.2) is 67.1 Å². The molecule has 0 saturated carbocycles. The molecule has 4 aromatic rings. The number of hydrogen-bond acceptors (Lipinski definition) is 5. The Morgan fingerprint density at radius 3 is 2.80 bits per heavy atom. The highest BCUT2D eigenvalue weighted by atomic mass is 19.1. The van der Waals surface area contributed by atoms with Gasteiger partial charge in [-0.25, -0.2) is 14.4 Å². The molecule has 3 heterocycles. The van der Waals surface area contributed by atoms with Gasteiger partial charge in [-0.2, -0.15) is 0 Å². The van der Waals surface area contributed by atoms with E-state index in [-0.39, 0.29) is 0 Å². The standard InChI is InChI=1S/C23H22FN5O/c24-20-13-18(30-17-6-2-1-3-7-17)8-9-21(20)28-22-19-10-12-29(23(19)27-15-26-22)14-16-5-4-11-25-16/h1-3,6-10,12-13,15-16,25H,4-5,11,14H2,(H,26,27,28). The lowest BCUT2D eigenvalue weighted by Gasteiger charge is -2.13. The van der Waals surface area contributed by atoms with E-state index >= 15 is 0 Å². The van der Waals surface area contributed by atoms with Gasteiger partial charge in [0.15, 0.2) is 0 Å². The lowest BCUT2D eigenvalue weighted by molar-refractivity contribution is 0.477. The van der Waals surface area contributed by atoms with Gasteiger partial charge in [-0.15, -0.1) is 0 Å². The van der Waals surface area contributed by atoms with E-state index in [4.69, 9.17) is 4.74 Å². The van der Waals surface area contributed by atoms with Crippen LogP contribution in [-0.2, 0) is 6.54 Å². The molecule has 2 aromatic heterocycles. The average molecular weight is 403 g/mol. The monoisotopic (exact) mass is 403 g/mol. The van der Waals surface area contributed by atoms with Crippen LogP contribution < -0.4 is 15.4 Å². The number of anilines is 2. The molecule has 5 rings (SSSR count). The molecule has 30 heavy (non-hydrogen) atoms. The zero-order chi connectivity index (χ0) is 20.3. The van der Waals surface area contributed by atoms with Gasteiger partial charge in [-0.1, -0.05) is 18.2 Å². The molecule has 0 aliphatic carbocycles. The summed E-state index contributed by atoms with van der Waals surface area (Å²) in [5.74, 6) is 1.26. The molecule has 2 N–H and O–H groups in total. The summed E-state index contributed by atoms with van der Waals surface area (Å²) < 4.78 is 22.5. The average Bonchev–Trinajstić information content (AvgIpc) is 3.42. The lowest BCUT2D eigenvalue weighted by atomic mass is 10.2. The van der Waals surface area contributed by atoms with E-state index in [1.54, 1.807) is 12.1 Å².